The number of aryl methyl sites for hydroxylation is 1. The lowest BCUT2D eigenvalue weighted by Gasteiger charge is -2.13. The van der Waals surface area contributed by atoms with Gasteiger partial charge in [-0.05, 0) is 42.3 Å². The van der Waals surface area contributed by atoms with Gasteiger partial charge in [-0.3, -0.25) is 9.52 Å². The smallest absolute Gasteiger partial charge is 0.335 e. The number of sulfonamides is 1. The predicted molar refractivity (Wildman–Crippen MR) is 86.6 cm³/mol. The van der Waals surface area contributed by atoms with Gasteiger partial charge >= 0.3 is 5.97 Å². The quantitative estimate of drug-likeness (QED) is 0.780. The lowest BCUT2D eigenvalue weighted by atomic mass is 10.1. The standard InChI is InChI=1S/C16H14N2O5S/c1-9-7-10(16(20)21)5-6-13(9)24(22,23)18-12-4-2-3-11-8-17-15(19)14(11)12/h2-7,18H,8H2,1H3,(H,17,19)(H,20,21). The predicted octanol–water partition coefficient (Wildman–Crippen LogP) is 1.74. The molecule has 124 valence electrons. The number of aromatic carboxylic acids is 1. The molecule has 2 aromatic carbocycles. The molecule has 8 heteroatoms. The fraction of sp³-hybridized carbons (Fsp3) is 0.125. The Kier molecular flexibility index (Phi) is 3.76. The second-order valence-corrected chi connectivity index (χ2v) is 7.06. The van der Waals surface area contributed by atoms with E-state index in [1.807, 2.05) is 0 Å². The molecule has 0 aliphatic carbocycles. The number of rotatable bonds is 4. The number of carboxylic acid groups (broad SMARTS) is 1. The summed E-state index contributed by atoms with van der Waals surface area (Å²) >= 11 is 0. The number of fused-ring (bicyclic) bond motifs is 1. The topological polar surface area (TPSA) is 113 Å². The minimum Gasteiger partial charge on any atom is -0.478 e. The molecule has 0 unspecified atom stereocenters. The summed E-state index contributed by atoms with van der Waals surface area (Å²) in [6.45, 7) is 1.87. The van der Waals surface area contributed by atoms with E-state index >= 15 is 0 Å². The average Bonchev–Trinajstić information content (AvgIpc) is 2.89. The van der Waals surface area contributed by atoms with Gasteiger partial charge in [0.15, 0.2) is 0 Å². The molecule has 1 aliphatic rings. The van der Waals surface area contributed by atoms with Crippen LogP contribution < -0.4 is 10.0 Å². The zero-order chi connectivity index (χ0) is 17.5. The first-order valence-corrected chi connectivity index (χ1v) is 8.55. The molecule has 1 amide bonds. The molecule has 0 aromatic heterocycles. The first-order chi connectivity index (χ1) is 11.3. The highest BCUT2D eigenvalue weighted by Crippen LogP contribution is 2.27. The molecule has 1 heterocycles. The molecule has 7 nitrogen and oxygen atoms in total. The van der Waals surface area contributed by atoms with E-state index < -0.39 is 16.0 Å². The SMILES string of the molecule is Cc1cc(C(=O)O)ccc1S(=O)(=O)Nc1cccc2c1C(=O)NC2. The fourth-order valence-corrected chi connectivity index (χ4v) is 3.95. The van der Waals surface area contributed by atoms with Crippen LogP contribution in [0.15, 0.2) is 41.3 Å². The van der Waals surface area contributed by atoms with Gasteiger partial charge in [0, 0.05) is 6.54 Å². The third kappa shape index (κ3) is 2.71. The van der Waals surface area contributed by atoms with E-state index in [4.69, 9.17) is 5.11 Å². The number of carbonyl (C=O) groups is 2. The maximum Gasteiger partial charge on any atom is 0.335 e. The summed E-state index contributed by atoms with van der Waals surface area (Å²) in [5.41, 5.74) is 1.54. The van der Waals surface area contributed by atoms with Gasteiger partial charge in [-0.1, -0.05) is 12.1 Å². The van der Waals surface area contributed by atoms with Crippen LogP contribution in [0.1, 0.15) is 31.8 Å². The van der Waals surface area contributed by atoms with Crippen LogP contribution in [0.5, 0.6) is 0 Å². The zero-order valence-electron chi connectivity index (χ0n) is 12.7. The summed E-state index contributed by atoms with van der Waals surface area (Å²) in [7, 11) is -3.95. The van der Waals surface area contributed by atoms with Crippen molar-refractivity contribution in [2.75, 3.05) is 4.72 Å². The maximum atomic E-state index is 12.6. The third-order valence-corrected chi connectivity index (χ3v) is 5.30. The largest absolute Gasteiger partial charge is 0.478 e. The molecular weight excluding hydrogens is 332 g/mol. The van der Waals surface area contributed by atoms with Gasteiger partial charge < -0.3 is 10.4 Å². The van der Waals surface area contributed by atoms with Crippen molar-refractivity contribution in [3.63, 3.8) is 0 Å². The van der Waals surface area contributed by atoms with Gasteiger partial charge in [-0.25, -0.2) is 13.2 Å². The minimum absolute atomic E-state index is 0.00595. The Morgan fingerprint density at radius 3 is 2.67 bits per heavy atom. The van der Waals surface area contributed by atoms with Gasteiger partial charge in [0.25, 0.3) is 15.9 Å². The van der Waals surface area contributed by atoms with E-state index in [0.29, 0.717) is 17.7 Å². The highest BCUT2D eigenvalue weighted by molar-refractivity contribution is 7.92. The first-order valence-electron chi connectivity index (χ1n) is 7.06. The van der Waals surface area contributed by atoms with Crippen LogP contribution in [0.3, 0.4) is 0 Å². The highest BCUT2D eigenvalue weighted by atomic mass is 32.2. The van der Waals surface area contributed by atoms with Gasteiger partial charge in [0.2, 0.25) is 0 Å². The Labute approximate surface area is 138 Å². The molecular formula is C16H14N2O5S. The molecule has 0 saturated heterocycles. The molecule has 0 fully saturated rings. The molecule has 24 heavy (non-hydrogen) atoms. The molecule has 0 bridgehead atoms. The second kappa shape index (κ2) is 5.64. The summed E-state index contributed by atoms with van der Waals surface area (Å²) in [4.78, 5) is 22.8. The maximum absolute atomic E-state index is 12.6. The number of carbonyl (C=O) groups excluding carboxylic acids is 1. The fourth-order valence-electron chi connectivity index (χ4n) is 2.65. The van der Waals surface area contributed by atoms with Crippen molar-refractivity contribution in [2.45, 2.75) is 18.4 Å². The Balaban J connectivity index is 2.01. The first kappa shape index (κ1) is 16.0. The Morgan fingerprint density at radius 1 is 1.25 bits per heavy atom. The van der Waals surface area contributed by atoms with Crippen LogP contribution in [-0.4, -0.2) is 25.4 Å². The van der Waals surface area contributed by atoms with Gasteiger partial charge in [-0.2, -0.15) is 0 Å². The zero-order valence-corrected chi connectivity index (χ0v) is 13.5. The molecule has 0 saturated carbocycles. The molecule has 3 rings (SSSR count). The van der Waals surface area contributed by atoms with Crippen molar-refractivity contribution >= 4 is 27.6 Å². The van der Waals surface area contributed by atoms with E-state index in [1.54, 1.807) is 12.1 Å². The lowest BCUT2D eigenvalue weighted by Crippen LogP contribution is -2.18. The Bertz CT molecular complexity index is 966. The van der Waals surface area contributed by atoms with Crippen LogP contribution in [0.2, 0.25) is 0 Å². The molecule has 3 N–H and O–H groups in total. The number of anilines is 1. The van der Waals surface area contributed by atoms with Crippen molar-refractivity contribution in [1.29, 1.82) is 0 Å². The van der Waals surface area contributed by atoms with Crippen LogP contribution in [0.25, 0.3) is 0 Å². The molecule has 0 spiro atoms. The van der Waals surface area contributed by atoms with Crippen molar-refractivity contribution in [3.8, 4) is 0 Å². The van der Waals surface area contributed by atoms with Crippen molar-refractivity contribution < 1.29 is 23.1 Å². The number of hydrogen-bond acceptors (Lipinski definition) is 4. The third-order valence-electron chi connectivity index (χ3n) is 3.77. The Hall–Kier alpha value is -2.87. The average molecular weight is 346 g/mol. The van der Waals surface area contributed by atoms with Crippen molar-refractivity contribution in [1.82, 2.24) is 5.32 Å². The monoisotopic (exact) mass is 346 g/mol. The van der Waals surface area contributed by atoms with Crippen LogP contribution in [0, 0.1) is 6.92 Å². The van der Waals surface area contributed by atoms with Crippen molar-refractivity contribution in [2.24, 2.45) is 0 Å². The summed E-state index contributed by atoms with van der Waals surface area (Å²) in [6.07, 6.45) is 0. The summed E-state index contributed by atoms with van der Waals surface area (Å²) in [5.74, 6) is -1.46. The second-order valence-electron chi connectivity index (χ2n) is 5.41. The Morgan fingerprint density at radius 2 is 2.00 bits per heavy atom. The minimum atomic E-state index is -3.95. The van der Waals surface area contributed by atoms with Crippen molar-refractivity contribution in [3.05, 3.63) is 58.7 Å². The highest BCUT2D eigenvalue weighted by Gasteiger charge is 2.26. The molecule has 0 atom stereocenters. The summed E-state index contributed by atoms with van der Waals surface area (Å²) in [5, 5.41) is 11.6. The van der Waals surface area contributed by atoms with E-state index in [0.717, 1.165) is 5.56 Å². The lowest BCUT2D eigenvalue weighted by molar-refractivity contribution is 0.0696. The summed E-state index contributed by atoms with van der Waals surface area (Å²) < 4.78 is 27.7. The van der Waals surface area contributed by atoms with Gasteiger partial charge in [0.1, 0.15) is 0 Å². The van der Waals surface area contributed by atoms with Gasteiger partial charge in [-0.15, -0.1) is 0 Å². The number of benzene rings is 2. The molecule has 1 aliphatic heterocycles. The van der Waals surface area contributed by atoms with E-state index in [2.05, 4.69) is 10.0 Å². The van der Waals surface area contributed by atoms with Crippen LogP contribution in [0.4, 0.5) is 5.69 Å². The van der Waals surface area contributed by atoms with E-state index in [-0.39, 0.29) is 22.1 Å². The molecule has 0 radical (unpaired) electrons. The number of nitrogens with one attached hydrogen (secondary N) is 2. The van der Waals surface area contributed by atoms with Crippen LogP contribution in [-0.2, 0) is 16.6 Å². The number of amides is 1. The van der Waals surface area contributed by atoms with Crippen LogP contribution >= 0.6 is 0 Å². The number of hydrogen-bond donors (Lipinski definition) is 3. The number of carboxylic acids is 1. The normalized spacial score (nSPS) is 13.3. The van der Waals surface area contributed by atoms with E-state index in [1.165, 1.54) is 31.2 Å². The summed E-state index contributed by atoms with van der Waals surface area (Å²) in [6, 6.07) is 8.69. The van der Waals surface area contributed by atoms with E-state index in [9.17, 15) is 18.0 Å². The van der Waals surface area contributed by atoms with Gasteiger partial charge in [0.05, 0.1) is 21.7 Å². The molecule has 2 aromatic rings.